The first-order chi connectivity index (χ1) is 10.1. The Morgan fingerprint density at radius 2 is 2.05 bits per heavy atom. The van der Waals surface area contributed by atoms with Gasteiger partial charge in [-0.25, -0.2) is 0 Å². The van der Waals surface area contributed by atoms with Crippen LogP contribution in [0.2, 0.25) is 0 Å². The Hall–Kier alpha value is -1.75. The number of hydrogen-bond acceptors (Lipinski definition) is 4. The summed E-state index contributed by atoms with van der Waals surface area (Å²) in [6.45, 7) is 6.50. The highest BCUT2D eigenvalue weighted by atomic mass is 16.5. The fraction of sp³-hybridized carbons (Fsp3) is 0.562. The van der Waals surface area contributed by atoms with Crippen LogP contribution in [-0.2, 0) is 11.3 Å². The van der Waals surface area contributed by atoms with E-state index in [1.807, 2.05) is 25.1 Å². The number of amides is 1. The van der Waals surface area contributed by atoms with Gasteiger partial charge in [0.2, 0.25) is 0 Å². The molecule has 5 nitrogen and oxygen atoms in total. The molecule has 0 saturated carbocycles. The molecule has 0 radical (unpaired) electrons. The van der Waals surface area contributed by atoms with Crippen molar-refractivity contribution in [2.24, 2.45) is 0 Å². The molecule has 1 aromatic carbocycles. The number of hydrogen-bond donors (Lipinski definition) is 1. The van der Waals surface area contributed by atoms with Crippen LogP contribution in [0, 0.1) is 0 Å². The van der Waals surface area contributed by atoms with Gasteiger partial charge in [-0.1, -0.05) is 13.0 Å². The van der Waals surface area contributed by atoms with E-state index in [-0.39, 0.29) is 12.5 Å². The van der Waals surface area contributed by atoms with Crippen LogP contribution in [0.3, 0.4) is 0 Å². The topological polar surface area (TPSA) is 50.8 Å². The first-order valence-corrected chi connectivity index (χ1v) is 7.36. The quantitative estimate of drug-likeness (QED) is 0.708. The second-order valence-electron chi connectivity index (χ2n) is 4.86. The highest BCUT2D eigenvalue weighted by Gasteiger charge is 2.11. The molecule has 0 heterocycles. The summed E-state index contributed by atoms with van der Waals surface area (Å²) in [6.07, 6.45) is 1.09. The molecule has 0 unspecified atom stereocenters. The van der Waals surface area contributed by atoms with Crippen molar-refractivity contribution < 1.29 is 14.3 Å². The molecule has 0 aliphatic carbocycles. The molecule has 1 aromatic rings. The highest BCUT2D eigenvalue weighted by Crippen LogP contribution is 2.28. The lowest BCUT2D eigenvalue weighted by atomic mass is 10.2. The maximum absolute atomic E-state index is 11.8. The van der Waals surface area contributed by atoms with Crippen molar-refractivity contribution in [1.29, 1.82) is 0 Å². The van der Waals surface area contributed by atoms with Crippen LogP contribution < -0.4 is 14.8 Å². The van der Waals surface area contributed by atoms with Crippen molar-refractivity contribution in [2.75, 3.05) is 33.9 Å². The molecule has 1 N–H and O–H groups in total. The Bertz CT molecular complexity index is 449. The third-order valence-electron chi connectivity index (χ3n) is 3.24. The van der Waals surface area contributed by atoms with Crippen molar-refractivity contribution in [3.05, 3.63) is 23.8 Å². The lowest BCUT2D eigenvalue weighted by Crippen LogP contribution is -2.31. The molecule has 0 bridgehead atoms. The zero-order chi connectivity index (χ0) is 15.7. The van der Waals surface area contributed by atoms with Crippen LogP contribution in [0.5, 0.6) is 11.5 Å². The van der Waals surface area contributed by atoms with Gasteiger partial charge in [0, 0.05) is 20.1 Å². The number of methoxy groups -OCH3 is 1. The number of nitrogens with one attached hydrogen (secondary N) is 1. The van der Waals surface area contributed by atoms with Gasteiger partial charge in [0.25, 0.3) is 5.91 Å². The van der Waals surface area contributed by atoms with Crippen LogP contribution in [-0.4, -0.2) is 44.7 Å². The molecule has 0 spiro atoms. The second-order valence-corrected chi connectivity index (χ2v) is 4.86. The molecular formula is C16H26N2O3. The minimum absolute atomic E-state index is 0.0204. The zero-order valence-electron chi connectivity index (χ0n) is 13.4. The number of nitrogens with zero attached hydrogens (tertiary/aromatic N) is 1. The number of likely N-dealkylation sites (N-methyl/N-ethyl adjacent to an activating group) is 1. The predicted molar refractivity (Wildman–Crippen MR) is 83.8 cm³/mol. The first-order valence-electron chi connectivity index (χ1n) is 7.36. The third-order valence-corrected chi connectivity index (χ3v) is 3.24. The average molecular weight is 294 g/mol. The van der Waals surface area contributed by atoms with E-state index >= 15 is 0 Å². The molecule has 0 atom stereocenters. The maximum Gasteiger partial charge on any atom is 0.260 e. The van der Waals surface area contributed by atoms with Crippen LogP contribution >= 0.6 is 0 Å². The number of ether oxygens (including phenoxy) is 2. The summed E-state index contributed by atoms with van der Waals surface area (Å²) < 4.78 is 10.9. The number of rotatable bonds is 9. The van der Waals surface area contributed by atoms with Crippen molar-refractivity contribution in [1.82, 2.24) is 10.2 Å². The van der Waals surface area contributed by atoms with Gasteiger partial charge in [0.05, 0.1) is 7.11 Å². The Morgan fingerprint density at radius 3 is 2.67 bits per heavy atom. The Labute approximate surface area is 127 Å². The summed E-state index contributed by atoms with van der Waals surface area (Å²) in [5.74, 6) is 1.20. The molecule has 0 aromatic heterocycles. The van der Waals surface area contributed by atoms with Gasteiger partial charge < -0.3 is 19.7 Å². The van der Waals surface area contributed by atoms with E-state index < -0.39 is 0 Å². The van der Waals surface area contributed by atoms with Gasteiger partial charge in [0.1, 0.15) is 0 Å². The minimum Gasteiger partial charge on any atom is -0.493 e. The van der Waals surface area contributed by atoms with Gasteiger partial charge in [-0.05, 0) is 37.6 Å². The van der Waals surface area contributed by atoms with Gasteiger partial charge in [-0.15, -0.1) is 0 Å². The van der Waals surface area contributed by atoms with E-state index in [4.69, 9.17) is 9.47 Å². The average Bonchev–Trinajstić information content (AvgIpc) is 2.52. The van der Waals surface area contributed by atoms with Gasteiger partial charge in [-0.3, -0.25) is 4.79 Å². The molecule has 118 valence electrons. The maximum atomic E-state index is 11.8. The van der Waals surface area contributed by atoms with Crippen molar-refractivity contribution >= 4 is 5.91 Å². The molecule has 0 fully saturated rings. The summed E-state index contributed by atoms with van der Waals surface area (Å²) in [6, 6.07) is 5.78. The normalized spacial score (nSPS) is 10.3. The first kappa shape index (κ1) is 17.3. The number of carbonyl (C=O) groups excluding carboxylic acids is 1. The summed E-state index contributed by atoms with van der Waals surface area (Å²) in [5, 5.41) is 3.34. The lowest BCUT2D eigenvalue weighted by Gasteiger charge is -2.16. The summed E-state index contributed by atoms with van der Waals surface area (Å²) in [4.78, 5) is 13.4. The van der Waals surface area contributed by atoms with Gasteiger partial charge in [-0.2, -0.15) is 0 Å². The van der Waals surface area contributed by atoms with E-state index in [9.17, 15) is 4.79 Å². The standard InChI is InChI=1S/C16H26N2O3/c1-5-9-17-11-13-7-8-14(20-4)15(10-13)21-12-16(19)18(3)6-2/h7-8,10,17H,5-6,9,11-12H2,1-4H3. The van der Waals surface area contributed by atoms with E-state index in [0.29, 0.717) is 18.0 Å². The smallest absolute Gasteiger partial charge is 0.260 e. The molecular weight excluding hydrogens is 268 g/mol. The van der Waals surface area contributed by atoms with Crippen LogP contribution in [0.25, 0.3) is 0 Å². The molecule has 21 heavy (non-hydrogen) atoms. The highest BCUT2D eigenvalue weighted by molar-refractivity contribution is 5.77. The van der Waals surface area contributed by atoms with Crippen LogP contribution in [0.15, 0.2) is 18.2 Å². The van der Waals surface area contributed by atoms with Crippen molar-refractivity contribution in [3.8, 4) is 11.5 Å². The van der Waals surface area contributed by atoms with E-state index in [1.165, 1.54) is 0 Å². The monoisotopic (exact) mass is 294 g/mol. The molecule has 0 aliphatic rings. The van der Waals surface area contributed by atoms with Crippen molar-refractivity contribution in [2.45, 2.75) is 26.8 Å². The Balaban J connectivity index is 2.69. The summed E-state index contributed by atoms with van der Waals surface area (Å²) >= 11 is 0. The van der Waals surface area contributed by atoms with Crippen molar-refractivity contribution in [3.63, 3.8) is 0 Å². The van der Waals surface area contributed by atoms with Gasteiger partial charge >= 0.3 is 0 Å². The summed E-state index contributed by atoms with van der Waals surface area (Å²) in [7, 11) is 3.35. The van der Waals surface area contributed by atoms with Crippen LogP contribution in [0.4, 0.5) is 0 Å². The third kappa shape index (κ3) is 5.63. The van der Waals surface area contributed by atoms with Gasteiger partial charge in [0.15, 0.2) is 18.1 Å². The molecule has 1 amide bonds. The minimum atomic E-state index is -0.0472. The Morgan fingerprint density at radius 1 is 1.29 bits per heavy atom. The molecule has 5 heteroatoms. The fourth-order valence-electron chi connectivity index (χ4n) is 1.78. The summed E-state index contributed by atoms with van der Waals surface area (Å²) in [5.41, 5.74) is 1.11. The van der Waals surface area contributed by atoms with E-state index in [2.05, 4.69) is 12.2 Å². The van der Waals surface area contributed by atoms with Crippen LogP contribution in [0.1, 0.15) is 25.8 Å². The molecule has 1 rings (SSSR count). The van der Waals surface area contributed by atoms with E-state index in [0.717, 1.165) is 25.1 Å². The molecule has 0 saturated heterocycles. The number of benzene rings is 1. The number of carbonyl (C=O) groups is 1. The second kappa shape index (κ2) is 9.23. The van der Waals surface area contributed by atoms with E-state index in [1.54, 1.807) is 19.1 Å². The lowest BCUT2D eigenvalue weighted by molar-refractivity contribution is -0.131. The SMILES string of the molecule is CCCNCc1ccc(OC)c(OCC(=O)N(C)CC)c1. The molecule has 0 aliphatic heterocycles. The largest absolute Gasteiger partial charge is 0.493 e. The fourth-order valence-corrected chi connectivity index (χ4v) is 1.78. The zero-order valence-corrected chi connectivity index (χ0v) is 13.4. The predicted octanol–water partition coefficient (Wildman–Crippen LogP) is 2.05. The Kier molecular flexibility index (Phi) is 7.61.